The number of hydrogen-bond donors (Lipinski definition) is 0. The Balaban J connectivity index is 2.46. The van der Waals surface area contributed by atoms with Crippen molar-refractivity contribution in [3.8, 4) is 0 Å². The maximum Gasteiger partial charge on any atom is 0.269 e. The highest BCUT2D eigenvalue weighted by Crippen LogP contribution is 2.38. The minimum Gasteiger partial charge on any atom is -0.359 e. The average Bonchev–Trinajstić information content (AvgIpc) is 2.27. The lowest BCUT2D eigenvalue weighted by molar-refractivity contribution is -0.384. The van der Waals surface area contributed by atoms with Gasteiger partial charge in [-0.1, -0.05) is 0 Å². The minimum absolute atomic E-state index is 0.132. The Morgan fingerprint density at radius 3 is 2.56 bits per heavy atom. The summed E-state index contributed by atoms with van der Waals surface area (Å²) in [5.41, 5.74) is 1.05. The van der Waals surface area contributed by atoms with Crippen LogP contribution >= 0.6 is 19.9 Å². The van der Waals surface area contributed by atoms with Crippen LogP contribution in [0.15, 0.2) is 29.2 Å². The van der Waals surface area contributed by atoms with E-state index in [2.05, 4.69) is 6.66 Å². The number of hydrogen-bond acceptors (Lipinski definition) is 4. The molecule has 0 heterocycles. The molecule has 0 bridgehead atoms. The number of nitro benzene ring substituents is 1. The topological polar surface area (TPSA) is 52.4 Å². The van der Waals surface area contributed by atoms with Gasteiger partial charge in [0.15, 0.2) is 0 Å². The summed E-state index contributed by atoms with van der Waals surface area (Å²) >= 11 is 1.67. The highest BCUT2D eigenvalue weighted by Gasteiger charge is 2.06. The molecule has 0 aliphatic rings. The molecule has 0 saturated heterocycles. The summed E-state index contributed by atoms with van der Waals surface area (Å²) < 4.78 is 5.46. The molecular formula is C10H14NO3PS. The third-order valence-electron chi connectivity index (χ3n) is 1.81. The third kappa shape index (κ3) is 4.47. The van der Waals surface area contributed by atoms with E-state index < -0.39 is 8.15 Å². The van der Waals surface area contributed by atoms with E-state index in [-0.39, 0.29) is 10.6 Å². The van der Waals surface area contributed by atoms with Gasteiger partial charge in [0.2, 0.25) is 0 Å². The molecular weight excluding hydrogens is 245 g/mol. The average molecular weight is 259 g/mol. The molecule has 0 N–H and O–H groups in total. The molecule has 0 aliphatic heterocycles. The van der Waals surface area contributed by atoms with Crippen LogP contribution in [0.25, 0.3) is 0 Å². The van der Waals surface area contributed by atoms with Crippen molar-refractivity contribution in [3.63, 3.8) is 0 Å². The summed E-state index contributed by atoms with van der Waals surface area (Å²) in [5.74, 6) is 0. The minimum atomic E-state index is -0.395. The van der Waals surface area contributed by atoms with Crippen LogP contribution in [0.2, 0.25) is 0 Å². The monoisotopic (exact) mass is 259 g/mol. The van der Waals surface area contributed by atoms with Crippen molar-refractivity contribution in [1.82, 2.24) is 0 Å². The van der Waals surface area contributed by atoms with Gasteiger partial charge in [-0.2, -0.15) is 0 Å². The second-order valence-electron chi connectivity index (χ2n) is 3.07. The molecule has 1 rings (SSSR count). The van der Waals surface area contributed by atoms with Gasteiger partial charge in [0.05, 0.1) is 4.92 Å². The molecule has 0 amide bonds. The van der Waals surface area contributed by atoms with Gasteiger partial charge in [-0.05, 0) is 25.7 Å². The SMILES string of the molecule is CCOP(C)CSc1ccc([N+](=O)[O-])cc1. The van der Waals surface area contributed by atoms with Crippen LogP contribution in [0, 0.1) is 10.1 Å². The van der Waals surface area contributed by atoms with Gasteiger partial charge in [0, 0.05) is 37.3 Å². The van der Waals surface area contributed by atoms with E-state index in [1.807, 2.05) is 6.92 Å². The van der Waals surface area contributed by atoms with Crippen LogP contribution in [0.3, 0.4) is 0 Å². The highest BCUT2D eigenvalue weighted by molar-refractivity contribution is 8.04. The lowest BCUT2D eigenvalue weighted by atomic mass is 10.3. The standard InChI is InChI=1S/C10H14NO3PS/c1-3-14-15(2)8-16-10-6-4-9(5-7-10)11(12)13/h4-7H,3,8H2,1-2H3. The second kappa shape index (κ2) is 6.84. The number of non-ortho nitro benzene ring substituents is 1. The van der Waals surface area contributed by atoms with Crippen LogP contribution in [-0.2, 0) is 4.52 Å². The van der Waals surface area contributed by atoms with Crippen molar-refractivity contribution < 1.29 is 9.45 Å². The molecule has 0 fully saturated rings. The number of nitrogens with zero attached hydrogens (tertiary/aromatic N) is 1. The van der Waals surface area contributed by atoms with Crippen LogP contribution < -0.4 is 0 Å². The zero-order chi connectivity index (χ0) is 12.0. The smallest absolute Gasteiger partial charge is 0.269 e. The molecule has 1 unspecified atom stereocenters. The summed E-state index contributed by atoms with van der Waals surface area (Å²) in [4.78, 5) is 11.1. The highest BCUT2D eigenvalue weighted by atomic mass is 32.2. The van der Waals surface area contributed by atoms with Crippen molar-refractivity contribution in [1.29, 1.82) is 0 Å². The van der Waals surface area contributed by atoms with E-state index in [1.165, 1.54) is 12.1 Å². The normalized spacial score (nSPS) is 12.4. The Labute approximate surface area is 100 Å². The van der Waals surface area contributed by atoms with Crippen molar-refractivity contribution in [3.05, 3.63) is 34.4 Å². The van der Waals surface area contributed by atoms with Crippen LogP contribution in [-0.4, -0.2) is 23.7 Å². The molecule has 6 heteroatoms. The number of rotatable bonds is 6. The molecule has 1 aromatic rings. The summed E-state index contributed by atoms with van der Waals surface area (Å²) in [6.07, 6.45) is 0. The summed E-state index contributed by atoms with van der Waals surface area (Å²) in [6.45, 7) is 4.80. The van der Waals surface area contributed by atoms with E-state index in [0.29, 0.717) is 0 Å². The maximum absolute atomic E-state index is 10.4. The molecule has 0 radical (unpaired) electrons. The first-order valence-corrected chi connectivity index (χ1v) is 7.72. The zero-order valence-corrected chi connectivity index (χ0v) is 11.0. The predicted octanol–water partition coefficient (Wildman–Crippen LogP) is 3.71. The second-order valence-corrected chi connectivity index (χ2v) is 6.38. The summed E-state index contributed by atoms with van der Waals surface area (Å²) in [7, 11) is -0.395. The van der Waals surface area contributed by atoms with E-state index in [0.717, 1.165) is 17.0 Å². The van der Waals surface area contributed by atoms with Gasteiger partial charge in [-0.15, -0.1) is 11.8 Å². The molecule has 4 nitrogen and oxygen atoms in total. The quantitative estimate of drug-likeness (QED) is 0.338. The zero-order valence-electron chi connectivity index (χ0n) is 9.25. The van der Waals surface area contributed by atoms with Gasteiger partial charge in [0.25, 0.3) is 5.69 Å². The summed E-state index contributed by atoms with van der Waals surface area (Å²) in [5, 5.41) is 10.4. The molecule has 0 saturated carbocycles. The number of thioether (sulfide) groups is 1. The van der Waals surface area contributed by atoms with Gasteiger partial charge in [0.1, 0.15) is 0 Å². The fourth-order valence-corrected chi connectivity index (χ4v) is 3.48. The van der Waals surface area contributed by atoms with Crippen molar-refractivity contribution in [2.24, 2.45) is 0 Å². The van der Waals surface area contributed by atoms with Gasteiger partial charge in [-0.3, -0.25) is 10.1 Å². The first-order valence-electron chi connectivity index (χ1n) is 4.84. The summed E-state index contributed by atoms with van der Waals surface area (Å²) in [6, 6.07) is 6.61. The molecule has 0 spiro atoms. The fraction of sp³-hybridized carbons (Fsp3) is 0.400. The lowest BCUT2D eigenvalue weighted by Gasteiger charge is -2.10. The van der Waals surface area contributed by atoms with Crippen LogP contribution in [0.4, 0.5) is 5.69 Å². The molecule has 16 heavy (non-hydrogen) atoms. The first kappa shape index (κ1) is 13.4. The Kier molecular flexibility index (Phi) is 5.74. The lowest BCUT2D eigenvalue weighted by Crippen LogP contribution is -1.87. The molecule has 1 atom stereocenters. The van der Waals surface area contributed by atoms with E-state index in [1.54, 1.807) is 23.9 Å². The van der Waals surface area contributed by atoms with E-state index in [9.17, 15) is 10.1 Å². The van der Waals surface area contributed by atoms with Gasteiger partial charge in [-0.25, -0.2) is 0 Å². The first-order chi connectivity index (χ1) is 7.63. The Bertz CT molecular complexity index is 344. The maximum atomic E-state index is 10.4. The molecule has 1 aromatic carbocycles. The predicted molar refractivity (Wildman–Crippen MR) is 68.3 cm³/mol. The number of benzene rings is 1. The van der Waals surface area contributed by atoms with Gasteiger partial charge < -0.3 is 4.52 Å². The third-order valence-corrected chi connectivity index (χ3v) is 5.09. The van der Waals surface area contributed by atoms with Crippen LogP contribution in [0.5, 0.6) is 0 Å². The van der Waals surface area contributed by atoms with E-state index in [4.69, 9.17) is 4.52 Å². The van der Waals surface area contributed by atoms with Crippen LogP contribution in [0.1, 0.15) is 6.92 Å². The Hall–Kier alpha value is -0.640. The van der Waals surface area contributed by atoms with Crippen molar-refractivity contribution >= 4 is 25.6 Å². The van der Waals surface area contributed by atoms with Crippen molar-refractivity contribution in [2.45, 2.75) is 11.8 Å². The van der Waals surface area contributed by atoms with E-state index >= 15 is 0 Å². The molecule has 88 valence electrons. The largest absolute Gasteiger partial charge is 0.359 e. The molecule has 0 aliphatic carbocycles. The van der Waals surface area contributed by atoms with Crippen molar-refractivity contribution in [2.75, 3.05) is 18.8 Å². The van der Waals surface area contributed by atoms with Gasteiger partial charge >= 0.3 is 0 Å². The number of nitro groups is 1. The molecule has 0 aromatic heterocycles. The Morgan fingerprint density at radius 2 is 2.06 bits per heavy atom. The fourth-order valence-electron chi connectivity index (χ4n) is 1.09. The Morgan fingerprint density at radius 1 is 1.44 bits per heavy atom.